The Morgan fingerprint density at radius 3 is 2.71 bits per heavy atom. The van der Waals surface area contributed by atoms with Gasteiger partial charge >= 0.3 is 0 Å². The zero-order valence-corrected chi connectivity index (χ0v) is 14.4. The molecule has 6 nitrogen and oxygen atoms in total. The topological polar surface area (TPSA) is 67.7 Å². The van der Waals surface area contributed by atoms with Gasteiger partial charge in [-0.25, -0.2) is 0 Å². The summed E-state index contributed by atoms with van der Waals surface area (Å²) < 4.78 is 7.43. The molecule has 0 atom stereocenters. The van der Waals surface area contributed by atoms with Crippen LogP contribution in [-0.2, 0) is 0 Å². The van der Waals surface area contributed by atoms with E-state index < -0.39 is 0 Å². The van der Waals surface area contributed by atoms with E-state index in [1.165, 1.54) is 17.8 Å². The van der Waals surface area contributed by atoms with Crippen molar-refractivity contribution in [3.05, 3.63) is 49.5 Å². The van der Waals surface area contributed by atoms with Crippen LogP contribution in [-0.4, -0.2) is 17.4 Å². The first kappa shape index (κ1) is 15.3. The third kappa shape index (κ3) is 2.69. The molecule has 0 unspecified atom stereocenters. The lowest BCUT2D eigenvalue weighted by Gasteiger charge is -2.39. The zero-order chi connectivity index (χ0) is 16.6. The first-order chi connectivity index (χ1) is 11.7. The number of hydrogen-bond donors (Lipinski definition) is 2. The third-order valence-electron chi connectivity index (χ3n) is 4.62. The predicted octanol–water partition coefficient (Wildman–Crippen LogP) is 1.09. The summed E-state index contributed by atoms with van der Waals surface area (Å²) in [7, 11) is 1.64. The predicted molar refractivity (Wildman–Crippen MR) is 94.2 cm³/mol. The summed E-state index contributed by atoms with van der Waals surface area (Å²) in [6, 6.07) is 7.65. The number of rotatable bonds is 2. The molecule has 0 bridgehead atoms. The van der Waals surface area contributed by atoms with Crippen molar-refractivity contribution in [2.75, 3.05) is 12.5 Å². The number of aromatic nitrogens is 1. The van der Waals surface area contributed by atoms with Crippen LogP contribution in [0.5, 0.6) is 5.75 Å². The number of nitrogens with one attached hydrogen (secondary N) is 2. The van der Waals surface area contributed by atoms with E-state index in [1.807, 2.05) is 30.3 Å². The minimum absolute atomic E-state index is 0.0407. The highest BCUT2D eigenvalue weighted by Gasteiger charge is 2.34. The number of methoxy groups -OCH3 is 1. The lowest BCUT2D eigenvalue weighted by molar-refractivity contribution is 0.229. The molecule has 1 aromatic carbocycles. The fourth-order valence-electron chi connectivity index (χ4n) is 3.27. The monoisotopic (exact) mass is 344 g/mol. The molecule has 1 spiro atoms. The number of benzene rings is 1. The number of nitrogens with zero attached hydrogens (tertiary/aromatic N) is 2. The third-order valence-corrected chi connectivity index (χ3v) is 5.59. The molecule has 2 aliphatic rings. The zero-order valence-electron chi connectivity index (χ0n) is 13.5. The second-order valence-corrected chi connectivity index (χ2v) is 7.29. The second kappa shape index (κ2) is 5.98. The lowest BCUT2D eigenvalue weighted by atomic mass is 9.90. The molecule has 126 valence electrons. The molecule has 24 heavy (non-hydrogen) atoms. The number of fused-ring (bicyclic) bond motifs is 1. The molecule has 1 aliphatic heterocycles. The Hall–Kier alpha value is -2.28. The maximum atomic E-state index is 12.7. The molecular weight excluding hydrogens is 324 g/mol. The maximum absolute atomic E-state index is 12.7. The van der Waals surface area contributed by atoms with Gasteiger partial charge in [-0.2, -0.15) is 4.68 Å². The van der Waals surface area contributed by atoms with Crippen LogP contribution in [0.15, 0.2) is 34.2 Å². The van der Waals surface area contributed by atoms with Crippen LogP contribution in [0.3, 0.4) is 0 Å². The Kier molecular flexibility index (Phi) is 3.80. The van der Waals surface area contributed by atoms with Crippen LogP contribution in [0.1, 0.15) is 37.7 Å². The van der Waals surface area contributed by atoms with Gasteiger partial charge in [0.2, 0.25) is 4.80 Å². The van der Waals surface area contributed by atoms with Crippen molar-refractivity contribution in [2.45, 2.75) is 37.8 Å². The van der Waals surface area contributed by atoms with E-state index in [-0.39, 0.29) is 11.2 Å². The van der Waals surface area contributed by atoms with Crippen LogP contribution in [0, 0.1) is 0 Å². The van der Waals surface area contributed by atoms with Gasteiger partial charge in [0, 0.05) is 0 Å². The summed E-state index contributed by atoms with van der Waals surface area (Å²) in [5.74, 6) is 0.800. The van der Waals surface area contributed by atoms with E-state index in [4.69, 9.17) is 4.74 Å². The van der Waals surface area contributed by atoms with Gasteiger partial charge < -0.3 is 4.74 Å². The van der Waals surface area contributed by atoms with E-state index in [0.29, 0.717) is 9.33 Å². The summed E-state index contributed by atoms with van der Waals surface area (Å²) in [5, 5.41) is 4.45. The Bertz CT molecular complexity index is 908. The van der Waals surface area contributed by atoms with Gasteiger partial charge in [-0.3, -0.25) is 15.6 Å². The van der Waals surface area contributed by atoms with Gasteiger partial charge in [0.05, 0.1) is 11.6 Å². The van der Waals surface area contributed by atoms with Crippen molar-refractivity contribution in [2.24, 2.45) is 5.10 Å². The van der Waals surface area contributed by atoms with Gasteiger partial charge in [-0.15, -0.1) is 5.10 Å². The lowest BCUT2D eigenvalue weighted by Crippen LogP contribution is -2.61. The van der Waals surface area contributed by atoms with Crippen LogP contribution in [0.25, 0.3) is 6.08 Å². The first-order valence-electron chi connectivity index (χ1n) is 8.20. The Morgan fingerprint density at radius 2 is 2.00 bits per heavy atom. The number of thiazole rings is 1. The summed E-state index contributed by atoms with van der Waals surface area (Å²) in [6.45, 7) is 0. The van der Waals surface area contributed by atoms with Gasteiger partial charge in [-0.1, -0.05) is 29.9 Å². The van der Waals surface area contributed by atoms with Gasteiger partial charge in [-0.05, 0) is 49.5 Å². The Balaban J connectivity index is 1.70. The van der Waals surface area contributed by atoms with Crippen molar-refractivity contribution in [3.8, 4) is 5.75 Å². The molecule has 7 heteroatoms. The normalized spacial score (nSPS) is 19.1. The van der Waals surface area contributed by atoms with Gasteiger partial charge in [0.15, 0.2) is 0 Å². The molecule has 1 aliphatic carbocycles. The number of ether oxygens (including phenoxy) is 1. The van der Waals surface area contributed by atoms with E-state index in [2.05, 4.69) is 16.0 Å². The van der Waals surface area contributed by atoms with Crippen molar-refractivity contribution in [3.63, 3.8) is 0 Å². The average molecular weight is 344 g/mol. The largest absolute Gasteiger partial charge is 0.497 e. The van der Waals surface area contributed by atoms with Crippen LogP contribution >= 0.6 is 11.3 Å². The molecule has 0 amide bonds. The highest BCUT2D eigenvalue weighted by atomic mass is 32.1. The van der Waals surface area contributed by atoms with E-state index in [0.717, 1.165) is 37.0 Å². The molecule has 4 rings (SSSR count). The van der Waals surface area contributed by atoms with Crippen molar-refractivity contribution < 1.29 is 4.74 Å². The molecule has 0 radical (unpaired) electrons. The SMILES string of the molecule is COc1ccc(/C=c2\sc3n(c2=O)NC2(CCCCC2)NN=3)cc1. The fraction of sp³-hybridized carbons (Fsp3) is 0.412. The van der Waals surface area contributed by atoms with Crippen LogP contribution in [0.2, 0.25) is 0 Å². The summed E-state index contributed by atoms with van der Waals surface area (Å²) in [4.78, 5) is 13.4. The van der Waals surface area contributed by atoms with E-state index in [9.17, 15) is 4.79 Å². The van der Waals surface area contributed by atoms with Crippen molar-refractivity contribution in [1.82, 2.24) is 10.1 Å². The van der Waals surface area contributed by atoms with Crippen LogP contribution < -0.4 is 30.5 Å². The maximum Gasteiger partial charge on any atom is 0.289 e. The molecule has 0 saturated heterocycles. The smallest absolute Gasteiger partial charge is 0.289 e. The van der Waals surface area contributed by atoms with E-state index in [1.54, 1.807) is 11.8 Å². The van der Waals surface area contributed by atoms with Crippen LogP contribution in [0.4, 0.5) is 0 Å². The van der Waals surface area contributed by atoms with Gasteiger partial charge in [0.1, 0.15) is 11.4 Å². The number of hydrogen-bond acceptors (Lipinski definition) is 6. The summed E-state index contributed by atoms with van der Waals surface area (Å²) in [6.07, 6.45) is 7.39. The highest BCUT2D eigenvalue weighted by molar-refractivity contribution is 7.07. The van der Waals surface area contributed by atoms with E-state index >= 15 is 0 Å². The molecule has 2 aromatic rings. The minimum atomic E-state index is -0.270. The highest BCUT2D eigenvalue weighted by Crippen LogP contribution is 2.27. The minimum Gasteiger partial charge on any atom is -0.497 e. The quantitative estimate of drug-likeness (QED) is 0.856. The Morgan fingerprint density at radius 1 is 1.25 bits per heavy atom. The molecular formula is C17H20N4O2S. The summed E-state index contributed by atoms with van der Waals surface area (Å²) in [5.41, 5.74) is 7.27. The summed E-state index contributed by atoms with van der Waals surface area (Å²) >= 11 is 1.39. The second-order valence-electron chi connectivity index (χ2n) is 6.29. The first-order valence-corrected chi connectivity index (χ1v) is 9.02. The molecule has 2 N–H and O–H groups in total. The molecule has 2 heterocycles. The molecule has 1 aromatic heterocycles. The average Bonchev–Trinajstić information content (AvgIpc) is 2.92. The van der Waals surface area contributed by atoms with Gasteiger partial charge in [0.25, 0.3) is 5.56 Å². The van der Waals surface area contributed by atoms with Crippen molar-refractivity contribution >= 4 is 17.4 Å². The fourth-order valence-corrected chi connectivity index (χ4v) is 4.15. The molecule has 1 saturated carbocycles. The molecule has 1 fully saturated rings. The standard InChI is InChI=1S/C17H20N4O2S/c1-23-13-7-5-12(6-8-13)11-14-15(22)21-16(24-14)18-19-17(20-21)9-3-2-4-10-17/h5-8,11,19-20H,2-4,9-10H2,1H3/b14-11-. The Labute approximate surface area is 143 Å². The van der Waals surface area contributed by atoms with Crippen molar-refractivity contribution in [1.29, 1.82) is 0 Å².